The summed E-state index contributed by atoms with van der Waals surface area (Å²) >= 11 is 3.43. The van der Waals surface area contributed by atoms with Crippen molar-refractivity contribution in [3.63, 3.8) is 0 Å². The molecule has 17 heavy (non-hydrogen) atoms. The number of anilines is 1. The van der Waals surface area contributed by atoms with Gasteiger partial charge in [-0.3, -0.25) is 0 Å². The normalized spacial score (nSPS) is 12.5. The predicted octanol–water partition coefficient (Wildman–Crippen LogP) is 4.59. The van der Waals surface area contributed by atoms with Crippen LogP contribution in [0.25, 0.3) is 0 Å². The topological polar surface area (TPSA) is 3.24 Å². The van der Waals surface area contributed by atoms with Gasteiger partial charge in [0.1, 0.15) is 5.82 Å². The lowest BCUT2D eigenvalue weighted by Crippen LogP contribution is -2.28. The summed E-state index contributed by atoms with van der Waals surface area (Å²) in [5.74, 6) is 0.492. The van der Waals surface area contributed by atoms with Crippen LogP contribution in [0.2, 0.25) is 0 Å². The quantitative estimate of drug-likeness (QED) is 0.695. The van der Waals surface area contributed by atoms with Gasteiger partial charge in [0.15, 0.2) is 0 Å². The Balaban J connectivity index is 2.94. The van der Waals surface area contributed by atoms with Gasteiger partial charge < -0.3 is 4.90 Å². The highest BCUT2D eigenvalue weighted by Crippen LogP contribution is 2.25. The minimum atomic E-state index is -0.164. The van der Waals surface area contributed by atoms with Crippen LogP contribution in [0.3, 0.4) is 0 Å². The second-order valence-corrected chi connectivity index (χ2v) is 5.02. The van der Waals surface area contributed by atoms with E-state index in [1.165, 1.54) is 6.42 Å². The maximum atomic E-state index is 13.2. The van der Waals surface area contributed by atoms with Crippen molar-refractivity contribution in [1.29, 1.82) is 0 Å². The molecule has 1 atom stereocenters. The summed E-state index contributed by atoms with van der Waals surface area (Å²) < 4.78 is 13.2. The Hall–Kier alpha value is -0.570. The minimum Gasteiger partial charge on any atom is -0.371 e. The van der Waals surface area contributed by atoms with Gasteiger partial charge >= 0.3 is 0 Å². The number of halogens is 2. The van der Waals surface area contributed by atoms with Crippen LogP contribution in [0.5, 0.6) is 0 Å². The number of rotatable bonds is 6. The van der Waals surface area contributed by atoms with Crippen LogP contribution >= 0.6 is 15.9 Å². The van der Waals surface area contributed by atoms with Crippen LogP contribution < -0.4 is 4.90 Å². The van der Waals surface area contributed by atoms with E-state index >= 15 is 0 Å². The first-order valence-electron chi connectivity index (χ1n) is 6.21. The van der Waals surface area contributed by atoms with Gasteiger partial charge in [-0.25, -0.2) is 4.39 Å². The predicted molar refractivity (Wildman–Crippen MR) is 76.4 cm³/mol. The van der Waals surface area contributed by atoms with E-state index in [1.807, 2.05) is 6.07 Å². The van der Waals surface area contributed by atoms with Crippen molar-refractivity contribution in [1.82, 2.24) is 0 Å². The SMILES string of the molecule is CCC(C)CN(CC)c1ccc(F)cc1CBr. The molecule has 0 spiro atoms. The van der Waals surface area contributed by atoms with Gasteiger partial charge in [-0.15, -0.1) is 0 Å². The van der Waals surface area contributed by atoms with Crippen molar-refractivity contribution >= 4 is 21.6 Å². The van der Waals surface area contributed by atoms with E-state index in [-0.39, 0.29) is 5.82 Å². The zero-order chi connectivity index (χ0) is 12.8. The average Bonchev–Trinajstić information content (AvgIpc) is 2.35. The van der Waals surface area contributed by atoms with Crippen LogP contribution in [0.4, 0.5) is 10.1 Å². The Labute approximate surface area is 112 Å². The van der Waals surface area contributed by atoms with Crippen LogP contribution in [-0.2, 0) is 5.33 Å². The van der Waals surface area contributed by atoms with Gasteiger partial charge in [-0.05, 0) is 36.6 Å². The molecule has 0 bridgehead atoms. The third-order valence-corrected chi connectivity index (χ3v) is 3.74. The zero-order valence-corrected chi connectivity index (χ0v) is 12.4. The fourth-order valence-electron chi connectivity index (χ4n) is 1.87. The first-order valence-corrected chi connectivity index (χ1v) is 7.33. The van der Waals surface area contributed by atoms with Gasteiger partial charge in [0, 0.05) is 24.1 Å². The smallest absolute Gasteiger partial charge is 0.123 e. The highest BCUT2D eigenvalue weighted by molar-refractivity contribution is 9.08. The van der Waals surface area contributed by atoms with Crippen LogP contribution in [0, 0.1) is 11.7 Å². The Bertz CT molecular complexity index is 354. The Kier molecular flexibility index (Phi) is 5.96. The molecule has 1 rings (SSSR count). The maximum Gasteiger partial charge on any atom is 0.123 e. The highest BCUT2D eigenvalue weighted by atomic mass is 79.9. The molecule has 0 aliphatic rings. The second kappa shape index (κ2) is 7.00. The molecule has 0 heterocycles. The van der Waals surface area contributed by atoms with Crippen LogP contribution in [0.15, 0.2) is 18.2 Å². The van der Waals surface area contributed by atoms with Gasteiger partial charge in [-0.1, -0.05) is 36.2 Å². The van der Waals surface area contributed by atoms with E-state index in [1.54, 1.807) is 12.1 Å². The summed E-state index contributed by atoms with van der Waals surface area (Å²) in [7, 11) is 0. The Morgan fingerprint density at radius 1 is 1.35 bits per heavy atom. The van der Waals surface area contributed by atoms with Crippen molar-refractivity contribution in [3.05, 3.63) is 29.6 Å². The molecule has 0 saturated heterocycles. The second-order valence-electron chi connectivity index (χ2n) is 4.46. The third-order valence-electron chi connectivity index (χ3n) is 3.14. The van der Waals surface area contributed by atoms with Crippen molar-refractivity contribution in [2.24, 2.45) is 5.92 Å². The van der Waals surface area contributed by atoms with E-state index in [2.05, 4.69) is 41.6 Å². The van der Waals surface area contributed by atoms with Crippen molar-refractivity contribution in [2.45, 2.75) is 32.5 Å². The van der Waals surface area contributed by atoms with E-state index in [4.69, 9.17) is 0 Å². The number of nitrogens with zero attached hydrogens (tertiary/aromatic N) is 1. The monoisotopic (exact) mass is 301 g/mol. The van der Waals surface area contributed by atoms with Gasteiger partial charge in [0.25, 0.3) is 0 Å². The molecule has 0 N–H and O–H groups in total. The fraction of sp³-hybridized carbons (Fsp3) is 0.571. The van der Waals surface area contributed by atoms with E-state index in [0.29, 0.717) is 11.2 Å². The van der Waals surface area contributed by atoms with Crippen molar-refractivity contribution < 1.29 is 4.39 Å². The summed E-state index contributed by atoms with van der Waals surface area (Å²) in [5, 5.41) is 0.692. The zero-order valence-electron chi connectivity index (χ0n) is 10.8. The summed E-state index contributed by atoms with van der Waals surface area (Å²) in [6.45, 7) is 8.58. The highest BCUT2D eigenvalue weighted by Gasteiger charge is 2.12. The molecule has 0 aromatic heterocycles. The molecular formula is C14H21BrFN. The summed E-state index contributed by atoms with van der Waals surface area (Å²) in [4.78, 5) is 2.32. The lowest BCUT2D eigenvalue weighted by atomic mass is 10.1. The Morgan fingerprint density at radius 2 is 2.06 bits per heavy atom. The first kappa shape index (κ1) is 14.5. The standard InChI is InChI=1S/C14H21BrFN/c1-4-11(3)10-17(5-2)14-7-6-13(16)8-12(14)9-15/h6-8,11H,4-5,9-10H2,1-3H3. The molecule has 1 unspecified atom stereocenters. The van der Waals surface area contributed by atoms with E-state index < -0.39 is 0 Å². The molecule has 0 aliphatic carbocycles. The lowest BCUT2D eigenvalue weighted by molar-refractivity contribution is 0.547. The minimum absolute atomic E-state index is 0.164. The van der Waals surface area contributed by atoms with Gasteiger partial charge in [0.05, 0.1) is 0 Å². The maximum absolute atomic E-state index is 13.2. The van der Waals surface area contributed by atoms with E-state index in [9.17, 15) is 4.39 Å². The molecule has 3 heteroatoms. The number of benzene rings is 1. The lowest BCUT2D eigenvalue weighted by Gasteiger charge is -2.28. The molecule has 0 aliphatic heterocycles. The summed E-state index contributed by atoms with van der Waals surface area (Å²) in [6, 6.07) is 5.04. The van der Waals surface area contributed by atoms with Gasteiger partial charge in [0.2, 0.25) is 0 Å². The largest absolute Gasteiger partial charge is 0.371 e. The molecule has 1 aromatic carbocycles. The number of alkyl halides is 1. The van der Waals surface area contributed by atoms with Gasteiger partial charge in [-0.2, -0.15) is 0 Å². The van der Waals surface area contributed by atoms with Crippen molar-refractivity contribution in [3.8, 4) is 0 Å². The Morgan fingerprint density at radius 3 is 2.59 bits per heavy atom. The van der Waals surface area contributed by atoms with Crippen molar-refractivity contribution in [2.75, 3.05) is 18.0 Å². The van der Waals surface area contributed by atoms with Crippen LogP contribution in [0.1, 0.15) is 32.8 Å². The molecule has 0 amide bonds. The summed E-state index contributed by atoms with van der Waals surface area (Å²) in [6.07, 6.45) is 1.17. The molecule has 1 aromatic rings. The van der Waals surface area contributed by atoms with Crippen LogP contribution in [-0.4, -0.2) is 13.1 Å². The third kappa shape index (κ3) is 3.98. The average molecular weight is 302 g/mol. The number of hydrogen-bond donors (Lipinski definition) is 0. The van der Waals surface area contributed by atoms with E-state index in [0.717, 1.165) is 24.3 Å². The molecule has 96 valence electrons. The number of hydrogen-bond acceptors (Lipinski definition) is 1. The molecule has 0 fully saturated rings. The molecular weight excluding hydrogens is 281 g/mol. The molecule has 1 nitrogen and oxygen atoms in total. The molecule has 0 saturated carbocycles. The molecule has 0 radical (unpaired) electrons. The fourth-order valence-corrected chi connectivity index (χ4v) is 2.32. The summed E-state index contributed by atoms with van der Waals surface area (Å²) in [5.41, 5.74) is 2.17. The first-order chi connectivity index (χ1) is 8.12.